The third-order valence-electron chi connectivity index (χ3n) is 3.97. The molecule has 6 heteroatoms. The number of hydrogen-bond donors (Lipinski definition) is 1. The molecule has 0 saturated heterocycles. The Kier molecular flexibility index (Phi) is 4.60. The largest absolute Gasteiger partial charge is 0.487 e. The molecule has 0 bridgehead atoms. The normalized spacial score (nSPS) is 19.4. The first-order valence-electron chi connectivity index (χ1n) is 7.76. The zero-order chi connectivity index (χ0) is 17.4. The van der Waals surface area contributed by atoms with Crippen LogP contribution in [0.3, 0.4) is 0 Å². The number of benzene rings is 2. The van der Waals surface area contributed by atoms with Crippen molar-refractivity contribution in [2.45, 2.75) is 37.7 Å². The van der Waals surface area contributed by atoms with Crippen molar-refractivity contribution in [1.29, 1.82) is 0 Å². The summed E-state index contributed by atoms with van der Waals surface area (Å²) in [6.07, 6.45) is 0.573. The molecule has 0 radical (unpaired) electrons. The number of para-hydroxylation sites is 1. The van der Waals surface area contributed by atoms with E-state index in [9.17, 15) is 8.42 Å². The number of nitrogens with one attached hydrogen (secondary N) is 1. The Morgan fingerprint density at radius 2 is 1.83 bits per heavy atom. The van der Waals surface area contributed by atoms with Gasteiger partial charge in [0.2, 0.25) is 10.0 Å². The molecule has 1 N–H and O–H groups in total. The summed E-state index contributed by atoms with van der Waals surface area (Å²) in [5.74, 6) is 0.650. The Balaban J connectivity index is 1.82. The van der Waals surface area contributed by atoms with Crippen LogP contribution in [0.4, 0.5) is 0 Å². The highest BCUT2D eigenvalue weighted by Crippen LogP contribution is 2.39. The molecule has 0 aliphatic carbocycles. The van der Waals surface area contributed by atoms with E-state index in [4.69, 9.17) is 16.3 Å². The number of rotatable bonds is 4. The van der Waals surface area contributed by atoms with Crippen LogP contribution in [0.5, 0.6) is 5.75 Å². The molecule has 3 rings (SSSR count). The maximum atomic E-state index is 12.6. The highest BCUT2D eigenvalue weighted by atomic mass is 35.5. The van der Waals surface area contributed by atoms with Crippen molar-refractivity contribution >= 4 is 21.6 Å². The lowest BCUT2D eigenvalue weighted by Gasteiger charge is -2.37. The molecule has 0 fully saturated rings. The van der Waals surface area contributed by atoms with Gasteiger partial charge in [0.1, 0.15) is 11.4 Å². The van der Waals surface area contributed by atoms with Crippen LogP contribution in [0.15, 0.2) is 48.5 Å². The lowest BCUT2D eigenvalue weighted by Crippen LogP contribution is -2.41. The fraction of sp³-hybridized carbons (Fsp3) is 0.333. The van der Waals surface area contributed by atoms with Crippen molar-refractivity contribution in [2.75, 3.05) is 0 Å². The van der Waals surface area contributed by atoms with Gasteiger partial charge < -0.3 is 4.74 Å². The molecule has 0 unspecified atom stereocenters. The minimum atomic E-state index is -3.49. The van der Waals surface area contributed by atoms with Gasteiger partial charge in [0, 0.05) is 17.0 Å². The first-order chi connectivity index (χ1) is 11.2. The number of sulfonamides is 1. The predicted octanol–water partition coefficient (Wildman–Crippen LogP) is 4.06. The molecule has 4 nitrogen and oxygen atoms in total. The zero-order valence-electron chi connectivity index (χ0n) is 13.6. The molecule has 2 aromatic rings. The summed E-state index contributed by atoms with van der Waals surface area (Å²) in [4.78, 5) is 0. The van der Waals surface area contributed by atoms with Gasteiger partial charge in [0.05, 0.1) is 11.8 Å². The molecule has 1 aliphatic heterocycles. The van der Waals surface area contributed by atoms with Crippen LogP contribution in [0.2, 0.25) is 5.02 Å². The second-order valence-electron chi connectivity index (χ2n) is 6.66. The molecular weight excluding hydrogens is 346 g/mol. The minimum Gasteiger partial charge on any atom is -0.487 e. The van der Waals surface area contributed by atoms with Gasteiger partial charge in [-0.05, 0) is 37.6 Å². The van der Waals surface area contributed by atoms with Gasteiger partial charge in [0.15, 0.2) is 0 Å². The SMILES string of the molecule is CC1(C)C[C@H](NS(=O)(=O)Cc2ccc(Cl)cc2)c2ccccc2O1. The number of halogens is 1. The molecule has 24 heavy (non-hydrogen) atoms. The minimum absolute atomic E-state index is 0.0792. The molecule has 0 aromatic heterocycles. The second kappa shape index (κ2) is 6.39. The van der Waals surface area contributed by atoms with Gasteiger partial charge in [-0.3, -0.25) is 0 Å². The maximum absolute atomic E-state index is 12.6. The van der Waals surface area contributed by atoms with Crippen molar-refractivity contribution < 1.29 is 13.2 Å². The average Bonchev–Trinajstić information content (AvgIpc) is 2.48. The summed E-state index contributed by atoms with van der Waals surface area (Å²) in [6, 6.07) is 14.1. The first-order valence-corrected chi connectivity index (χ1v) is 9.80. The highest BCUT2D eigenvalue weighted by Gasteiger charge is 2.35. The van der Waals surface area contributed by atoms with Crippen molar-refractivity contribution in [3.05, 3.63) is 64.7 Å². The van der Waals surface area contributed by atoms with Crippen LogP contribution in [-0.2, 0) is 15.8 Å². The topological polar surface area (TPSA) is 55.4 Å². The fourth-order valence-corrected chi connectivity index (χ4v) is 4.45. The third-order valence-corrected chi connectivity index (χ3v) is 5.58. The van der Waals surface area contributed by atoms with E-state index in [-0.39, 0.29) is 11.8 Å². The van der Waals surface area contributed by atoms with Crippen molar-refractivity contribution in [1.82, 2.24) is 4.72 Å². The number of ether oxygens (including phenoxy) is 1. The maximum Gasteiger partial charge on any atom is 0.216 e. The van der Waals surface area contributed by atoms with Crippen molar-refractivity contribution in [3.8, 4) is 5.75 Å². The molecule has 0 saturated carbocycles. The predicted molar refractivity (Wildman–Crippen MR) is 95.7 cm³/mol. The van der Waals surface area contributed by atoms with Gasteiger partial charge in [0.25, 0.3) is 0 Å². The van der Waals surface area contributed by atoms with E-state index in [1.807, 2.05) is 38.1 Å². The molecule has 1 heterocycles. The lowest BCUT2D eigenvalue weighted by atomic mass is 9.90. The van der Waals surface area contributed by atoms with Gasteiger partial charge in [-0.15, -0.1) is 0 Å². The molecule has 1 atom stereocenters. The molecule has 1 aliphatic rings. The Morgan fingerprint density at radius 3 is 2.54 bits per heavy atom. The van der Waals surface area contributed by atoms with E-state index in [0.29, 0.717) is 17.0 Å². The highest BCUT2D eigenvalue weighted by molar-refractivity contribution is 7.88. The van der Waals surface area contributed by atoms with Crippen molar-refractivity contribution in [3.63, 3.8) is 0 Å². The monoisotopic (exact) mass is 365 g/mol. The van der Waals surface area contributed by atoms with Gasteiger partial charge in [-0.1, -0.05) is 41.9 Å². The first kappa shape index (κ1) is 17.3. The molecule has 2 aromatic carbocycles. The molecular formula is C18H20ClNO3S. The van der Waals surface area contributed by atoms with E-state index in [1.165, 1.54) is 0 Å². The van der Waals surface area contributed by atoms with E-state index >= 15 is 0 Å². The second-order valence-corrected chi connectivity index (χ2v) is 8.85. The van der Waals surface area contributed by atoms with Crippen LogP contribution < -0.4 is 9.46 Å². The van der Waals surface area contributed by atoms with Gasteiger partial charge in [-0.25, -0.2) is 13.1 Å². The van der Waals surface area contributed by atoms with Crippen LogP contribution in [0, 0.1) is 0 Å². The Morgan fingerprint density at radius 1 is 1.17 bits per heavy atom. The van der Waals surface area contributed by atoms with E-state index in [0.717, 1.165) is 11.3 Å². The number of hydrogen-bond acceptors (Lipinski definition) is 3. The summed E-state index contributed by atoms with van der Waals surface area (Å²) in [6.45, 7) is 3.92. The summed E-state index contributed by atoms with van der Waals surface area (Å²) in [5.41, 5.74) is 1.14. The summed E-state index contributed by atoms with van der Waals surface area (Å²) < 4.78 is 34.0. The average molecular weight is 366 g/mol. The van der Waals surface area contributed by atoms with Crippen LogP contribution in [0.25, 0.3) is 0 Å². The summed E-state index contributed by atoms with van der Waals surface area (Å²) in [7, 11) is -3.49. The smallest absolute Gasteiger partial charge is 0.216 e. The summed E-state index contributed by atoms with van der Waals surface area (Å²) >= 11 is 5.85. The molecule has 0 amide bonds. The van der Waals surface area contributed by atoms with E-state index in [1.54, 1.807) is 24.3 Å². The summed E-state index contributed by atoms with van der Waals surface area (Å²) in [5, 5.41) is 0.587. The van der Waals surface area contributed by atoms with E-state index < -0.39 is 15.6 Å². The van der Waals surface area contributed by atoms with Gasteiger partial charge >= 0.3 is 0 Å². The van der Waals surface area contributed by atoms with Crippen molar-refractivity contribution in [2.24, 2.45) is 0 Å². The lowest BCUT2D eigenvalue weighted by molar-refractivity contribution is 0.0702. The fourth-order valence-electron chi connectivity index (χ4n) is 2.97. The third kappa shape index (κ3) is 4.09. The Bertz CT molecular complexity index is 832. The molecule has 0 spiro atoms. The quantitative estimate of drug-likeness (QED) is 0.888. The van der Waals surface area contributed by atoms with E-state index in [2.05, 4.69) is 4.72 Å². The Hall–Kier alpha value is -1.56. The van der Waals surface area contributed by atoms with Crippen LogP contribution >= 0.6 is 11.6 Å². The van der Waals surface area contributed by atoms with Gasteiger partial charge in [-0.2, -0.15) is 0 Å². The zero-order valence-corrected chi connectivity index (χ0v) is 15.2. The van der Waals surface area contributed by atoms with Crippen LogP contribution in [-0.4, -0.2) is 14.0 Å². The molecule has 128 valence electrons. The van der Waals surface area contributed by atoms with Crippen LogP contribution in [0.1, 0.15) is 37.4 Å². The Labute approximate surface area is 147 Å². The standard InChI is InChI=1S/C18H20ClNO3S/c1-18(2)11-16(15-5-3-4-6-17(15)23-18)20-24(21,22)12-13-7-9-14(19)10-8-13/h3-10,16,20H,11-12H2,1-2H3/t16-/m0/s1. The number of fused-ring (bicyclic) bond motifs is 1.